The molecule has 0 bridgehead atoms. The van der Waals surface area contributed by atoms with Gasteiger partial charge in [-0.1, -0.05) is 12.5 Å². The second-order valence-corrected chi connectivity index (χ2v) is 4.59. The maximum absolute atomic E-state index is 11.9. The average molecular weight is 223 g/mol. The second-order valence-electron chi connectivity index (χ2n) is 3.64. The minimum Gasteiger partial charge on any atom is -0.278 e. The van der Waals surface area contributed by atoms with Crippen molar-refractivity contribution in [1.82, 2.24) is 4.90 Å². The normalized spacial score (nSPS) is 17.6. The van der Waals surface area contributed by atoms with E-state index in [1.807, 2.05) is 11.4 Å². The third-order valence-electron chi connectivity index (χ3n) is 2.55. The maximum Gasteiger partial charge on any atom is 0.270 e. The van der Waals surface area contributed by atoms with Crippen LogP contribution in [0.5, 0.6) is 0 Å². The van der Waals surface area contributed by atoms with Crippen molar-refractivity contribution in [3.63, 3.8) is 0 Å². The largest absolute Gasteiger partial charge is 0.278 e. The number of amides is 2. The first-order valence-electron chi connectivity index (χ1n) is 5.17. The Hall–Kier alpha value is -1.16. The number of imide groups is 1. The summed E-state index contributed by atoms with van der Waals surface area (Å²) in [6.45, 7) is 0.579. The summed E-state index contributed by atoms with van der Waals surface area (Å²) in [6.07, 6.45) is 3.40. The van der Waals surface area contributed by atoms with E-state index in [9.17, 15) is 9.59 Å². The Morgan fingerprint density at radius 1 is 1.33 bits per heavy atom. The summed E-state index contributed by atoms with van der Waals surface area (Å²) in [6, 6.07) is 3.60. The summed E-state index contributed by atoms with van der Waals surface area (Å²) in [4.78, 5) is 25.7. The van der Waals surface area contributed by atoms with E-state index in [1.165, 1.54) is 16.2 Å². The van der Waals surface area contributed by atoms with Gasteiger partial charge in [0.25, 0.3) is 5.91 Å². The van der Waals surface area contributed by atoms with Crippen molar-refractivity contribution in [1.29, 1.82) is 0 Å². The number of carbonyl (C=O) groups is 2. The van der Waals surface area contributed by atoms with Crippen molar-refractivity contribution in [3.8, 4) is 0 Å². The van der Waals surface area contributed by atoms with Crippen molar-refractivity contribution in [2.24, 2.45) is 0 Å². The molecular weight excluding hydrogens is 210 g/mol. The van der Waals surface area contributed by atoms with Gasteiger partial charge in [0.05, 0.1) is 4.88 Å². The fraction of sp³-hybridized carbons (Fsp3) is 0.455. The molecule has 15 heavy (non-hydrogen) atoms. The lowest BCUT2D eigenvalue weighted by Gasteiger charge is -2.17. The molecule has 0 radical (unpaired) electrons. The summed E-state index contributed by atoms with van der Waals surface area (Å²) in [5.41, 5.74) is 0. The van der Waals surface area contributed by atoms with Crippen molar-refractivity contribution in [3.05, 3.63) is 22.4 Å². The van der Waals surface area contributed by atoms with Gasteiger partial charge < -0.3 is 0 Å². The van der Waals surface area contributed by atoms with Gasteiger partial charge in [-0.05, 0) is 24.3 Å². The van der Waals surface area contributed by atoms with Gasteiger partial charge in [-0.2, -0.15) is 0 Å². The van der Waals surface area contributed by atoms with E-state index in [2.05, 4.69) is 0 Å². The zero-order chi connectivity index (χ0) is 10.7. The molecule has 0 saturated carbocycles. The number of hydrogen-bond donors (Lipinski definition) is 0. The first kappa shape index (κ1) is 10.4. The Balaban J connectivity index is 2.14. The molecule has 80 valence electrons. The molecule has 0 unspecified atom stereocenters. The van der Waals surface area contributed by atoms with Crippen LogP contribution in [0.25, 0.3) is 0 Å². The second kappa shape index (κ2) is 4.57. The van der Waals surface area contributed by atoms with E-state index in [0.29, 0.717) is 17.8 Å². The van der Waals surface area contributed by atoms with Crippen LogP contribution >= 0.6 is 11.3 Å². The van der Waals surface area contributed by atoms with E-state index in [4.69, 9.17) is 0 Å². The van der Waals surface area contributed by atoms with Gasteiger partial charge in [-0.15, -0.1) is 11.3 Å². The van der Waals surface area contributed by atoms with Crippen LogP contribution in [0.4, 0.5) is 0 Å². The van der Waals surface area contributed by atoms with E-state index in [-0.39, 0.29) is 11.8 Å². The molecule has 0 atom stereocenters. The van der Waals surface area contributed by atoms with E-state index in [1.54, 1.807) is 6.07 Å². The lowest BCUT2D eigenvalue weighted by Crippen LogP contribution is -2.35. The van der Waals surface area contributed by atoms with Crippen LogP contribution in [0.15, 0.2) is 17.5 Å². The number of likely N-dealkylation sites (tertiary alicyclic amines) is 1. The van der Waals surface area contributed by atoms with Crippen LogP contribution in [-0.2, 0) is 4.79 Å². The maximum atomic E-state index is 11.9. The molecule has 0 N–H and O–H groups in total. The third-order valence-corrected chi connectivity index (χ3v) is 3.41. The Kier molecular flexibility index (Phi) is 3.16. The number of rotatable bonds is 1. The molecule has 1 aromatic rings. The fourth-order valence-electron chi connectivity index (χ4n) is 1.73. The predicted molar refractivity (Wildman–Crippen MR) is 58.8 cm³/mol. The molecule has 2 amide bonds. The number of hydrogen-bond acceptors (Lipinski definition) is 3. The predicted octanol–water partition coefficient (Wildman–Crippen LogP) is 2.29. The summed E-state index contributed by atoms with van der Waals surface area (Å²) < 4.78 is 0. The van der Waals surface area contributed by atoms with Crippen LogP contribution < -0.4 is 0 Å². The minimum atomic E-state index is -0.128. The molecule has 0 spiro atoms. The molecule has 0 aliphatic carbocycles. The monoisotopic (exact) mass is 223 g/mol. The van der Waals surface area contributed by atoms with Gasteiger partial charge in [0.1, 0.15) is 0 Å². The molecule has 2 rings (SSSR count). The van der Waals surface area contributed by atoms with Crippen LogP contribution in [-0.4, -0.2) is 23.3 Å². The van der Waals surface area contributed by atoms with E-state index in [0.717, 1.165) is 19.3 Å². The quantitative estimate of drug-likeness (QED) is 0.685. The van der Waals surface area contributed by atoms with E-state index >= 15 is 0 Å². The Morgan fingerprint density at radius 2 is 2.20 bits per heavy atom. The highest BCUT2D eigenvalue weighted by Crippen LogP contribution is 2.17. The molecule has 2 heterocycles. The van der Waals surface area contributed by atoms with Crippen LogP contribution in [0.2, 0.25) is 0 Å². The first-order chi connectivity index (χ1) is 7.29. The van der Waals surface area contributed by atoms with Crippen molar-refractivity contribution >= 4 is 23.2 Å². The molecule has 1 aliphatic rings. The SMILES string of the molecule is O=C1CCCCCN1C(=O)c1cccs1. The molecule has 1 aromatic heterocycles. The molecule has 1 aliphatic heterocycles. The Bertz CT molecular complexity index is 359. The zero-order valence-corrected chi connectivity index (χ0v) is 9.26. The van der Waals surface area contributed by atoms with Crippen LogP contribution in [0.3, 0.4) is 0 Å². The van der Waals surface area contributed by atoms with Gasteiger partial charge in [0, 0.05) is 13.0 Å². The van der Waals surface area contributed by atoms with Crippen LogP contribution in [0, 0.1) is 0 Å². The van der Waals surface area contributed by atoms with Gasteiger partial charge in [-0.3, -0.25) is 14.5 Å². The number of thiophene rings is 1. The van der Waals surface area contributed by atoms with E-state index < -0.39 is 0 Å². The van der Waals surface area contributed by atoms with Gasteiger partial charge in [-0.25, -0.2) is 0 Å². The lowest BCUT2D eigenvalue weighted by molar-refractivity contribution is -0.128. The summed E-state index contributed by atoms with van der Waals surface area (Å²) in [5, 5.41) is 1.86. The van der Waals surface area contributed by atoms with Gasteiger partial charge in [0.2, 0.25) is 5.91 Å². The van der Waals surface area contributed by atoms with Crippen molar-refractivity contribution in [2.75, 3.05) is 6.54 Å². The average Bonchev–Trinajstić information content (AvgIpc) is 2.68. The standard InChI is InChI=1S/C11H13NO2S/c13-10-6-2-1-3-7-12(10)11(14)9-5-4-8-15-9/h4-5,8H,1-3,6-7H2. The van der Waals surface area contributed by atoms with Crippen LogP contribution in [0.1, 0.15) is 35.4 Å². The van der Waals surface area contributed by atoms with Gasteiger partial charge >= 0.3 is 0 Å². The highest BCUT2D eigenvalue weighted by Gasteiger charge is 2.24. The smallest absolute Gasteiger partial charge is 0.270 e. The van der Waals surface area contributed by atoms with Crippen molar-refractivity contribution < 1.29 is 9.59 Å². The molecular formula is C11H13NO2S. The Labute approximate surface area is 92.7 Å². The molecule has 4 heteroatoms. The third kappa shape index (κ3) is 2.26. The van der Waals surface area contributed by atoms with Gasteiger partial charge in [0.15, 0.2) is 0 Å². The minimum absolute atomic E-state index is 0.0223. The molecule has 1 saturated heterocycles. The molecule has 0 aromatic carbocycles. The first-order valence-corrected chi connectivity index (χ1v) is 6.05. The van der Waals surface area contributed by atoms with Crippen molar-refractivity contribution in [2.45, 2.75) is 25.7 Å². The Morgan fingerprint density at radius 3 is 2.93 bits per heavy atom. The number of nitrogens with zero attached hydrogens (tertiary/aromatic N) is 1. The summed E-state index contributed by atoms with van der Waals surface area (Å²) >= 11 is 1.39. The molecule has 3 nitrogen and oxygen atoms in total. The number of carbonyl (C=O) groups excluding carboxylic acids is 2. The topological polar surface area (TPSA) is 37.4 Å². The highest BCUT2D eigenvalue weighted by atomic mass is 32.1. The molecule has 1 fully saturated rings. The lowest BCUT2D eigenvalue weighted by atomic mass is 10.2. The highest BCUT2D eigenvalue weighted by molar-refractivity contribution is 7.12. The summed E-state index contributed by atoms with van der Waals surface area (Å²) in [5.74, 6) is -0.150. The zero-order valence-electron chi connectivity index (χ0n) is 8.44. The fourth-order valence-corrected chi connectivity index (χ4v) is 2.40. The summed E-state index contributed by atoms with van der Waals surface area (Å²) in [7, 11) is 0.